The summed E-state index contributed by atoms with van der Waals surface area (Å²) >= 11 is 0. The quantitative estimate of drug-likeness (QED) is 0.680. The van der Waals surface area contributed by atoms with E-state index >= 15 is 0 Å². The fraction of sp³-hybridized carbons (Fsp3) is 0.222. The predicted octanol–water partition coefficient (Wildman–Crippen LogP) is 3.25. The van der Waals surface area contributed by atoms with Crippen molar-refractivity contribution in [3.63, 3.8) is 0 Å². The molecule has 0 radical (unpaired) electrons. The van der Waals surface area contributed by atoms with Crippen LogP contribution in [-0.4, -0.2) is 18.5 Å². The average Bonchev–Trinajstić information content (AvgIpc) is 2.48. The smallest absolute Gasteiger partial charge is 0.349 e. The molecule has 0 saturated heterocycles. The zero-order valence-electron chi connectivity index (χ0n) is 13.4. The van der Waals surface area contributed by atoms with Gasteiger partial charge in [0, 0.05) is 12.6 Å². The van der Waals surface area contributed by atoms with E-state index in [0.717, 1.165) is 11.1 Å². The zero-order chi connectivity index (χ0) is 16.8. The van der Waals surface area contributed by atoms with Gasteiger partial charge in [-0.15, -0.1) is 0 Å². The van der Waals surface area contributed by atoms with E-state index in [1.54, 1.807) is 24.3 Å². The van der Waals surface area contributed by atoms with Gasteiger partial charge in [0.1, 0.15) is 11.5 Å². The van der Waals surface area contributed by atoms with Crippen molar-refractivity contribution in [3.05, 3.63) is 53.6 Å². The molecule has 0 fully saturated rings. The minimum absolute atomic E-state index is 0.156. The van der Waals surface area contributed by atoms with Gasteiger partial charge in [-0.1, -0.05) is 17.7 Å². The van der Waals surface area contributed by atoms with Crippen LogP contribution in [0.15, 0.2) is 42.5 Å². The summed E-state index contributed by atoms with van der Waals surface area (Å²) in [5.41, 5.74) is 2.75. The van der Waals surface area contributed by atoms with Crippen LogP contribution in [0.5, 0.6) is 11.5 Å². The highest BCUT2D eigenvalue weighted by Gasteiger charge is 2.08. The Labute approximate surface area is 135 Å². The van der Waals surface area contributed by atoms with Gasteiger partial charge in [-0.05, 0) is 49.7 Å². The topological polar surface area (TPSA) is 64.6 Å². The van der Waals surface area contributed by atoms with Crippen LogP contribution >= 0.6 is 0 Å². The van der Waals surface area contributed by atoms with E-state index in [9.17, 15) is 9.59 Å². The molecule has 0 heterocycles. The van der Waals surface area contributed by atoms with Crippen molar-refractivity contribution in [1.82, 2.24) is 0 Å². The number of carbonyl (C=O) groups excluding carboxylic acids is 2. The molecule has 2 aromatic carbocycles. The van der Waals surface area contributed by atoms with Crippen LogP contribution in [0.4, 0.5) is 5.69 Å². The fourth-order valence-corrected chi connectivity index (χ4v) is 2.07. The number of nitrogens with one attached hydrogen (secondary N) is 1. The van der Waals surface area contributed by atoms with Crippen molar-refractivity contribution in [3.8, 4) is 11.5 Å². The van der Waals surface area contributed by atoms with Gasteiger partial charge in [0.15, 0.2) is 6.61 Å². The Morgan fingerprint density at radius 2 is 1.74 bits per heavy atom. The number of ether oxygens (including phenoxy) is 2. The second-order valence-corrected chi connectivity index (χ2v) is 5.24. The molecule has 5 nitrogen and oxygen atoms in total. The highest BCUT2D eigenvalue weighted by molar-refractivity contribution is 5.88. The summed E-state index contributed by atoms with van der Waals surface area (Å²) < 4.78 is 10.7. The van der Waals surface area contributed by atoms with Crippen LogP contribution in [0.25, 0.3) is 0 Å². The van der Waals surface area contributed by atoms with Gasteiger partial charge >= 0.3 is 5.97 Å². The largest absolute Gasteiger partial charge is 0.482 e. The average molecular weight is 313 g/mol. The Morgan fingerprint density at radius 3 is 2.35 bits per heavy atom. The summed E-state index contributed by atoms with van der Waals surface area (Å²) in [7, 11) is 0. The Morgan fingerprint density at radius 1 is 1.04 bits per heavy atom. The van der Waals surface area contributed by atoms with Crippen molar-refractivity contribution in [2.75, 3.05) is 11.9 Å². The molecule has 1 N–H and O–H groups in total. The highest BCUT2D eigenvalue weighted by atomic mass is 16.6. The molecule has 0 saturated carbocycles. The van der Waals surface area contributed by atoms with Gasteiger partial charge in [0.25, 0.3) is 0 Å². The number of hydrogen-bond acceptors (Lipinski definition) is 4. The minimum atomic E-state index is -0.489. The number of benzene rings is 2. The van der Waals surface area contributed by atoms with E-state index in [1.165, 1.54) is 6.92 Å². The molecule has 0 aromatic heterocycles. The normalized spacial score (nSPS) is 10.0. The number of aryl methyl sites for hydroxylation is 2. The van der Waals surface area contributed by atoms with E-state index in [2.05, 4.69) is 5.32 Å². The molecule has 0 aliphatic rings. The summed E-state index contributed by atoms with van der Waals surface area (Å²) in [6, 6.07) is 12.3. The van der Waals surface area contributed by atoms with Crippen LogP contribution in [0, 0.1) is 13.8 Å². The molecule has 0 aliphatic heterocycles. The van der Waals surface area contributed by atoms with Crippen molar-refractivity contribution in [2.24, 2.45) is 0 Å². The molecule has 1 amide bonds. The van der Waals surface area contributed by atoms with Crippen molar-refractivity contribution < 1.29 is 19.1 Å². The molecule has 120 valence electrons. The van der Waals surface area contributed by atoms with Gasteiger partial charge in [0.05, 0.1) is 0 Å². The molecular formula is C18H19NO4. The maximum Gasteiger partial charge on any atom is 0.349 e. The molecule has 2 rings (SSSR count). The van der Waals surface area contributed by atoms with Gasteiger partial charge in [0.2, 0.25) is 5.91 Å². The molecule has 0 atom stereocenters. The van der Waals surface area contributed by atoms with Gasteiger partial charge in [-0.25, -0.2) is 4.79 Å². The highest BCUT2D eigenvalue weighted by Crippen LogP contribution is 2.19. The van der Waals surface area contributed by atoms with Crippen LogP contribution in [0.1, 0.15) is 18.1 Å². The van der Waals surface area contributed by atoms with E-state index in [1.807, 2.05) is 32.0 Å². The second-order valence-electron chi connectivity index (χ2n) is 5.24. The number of carbonyl (C=O) groups is 2. The molecule has 0 unspecified atom stereocenters. The number of amides is 1. The fourth-order valence-electron chi connectivity index (χ4n) is 2.07. The lowest BCUT2D eigenvalue weighted by Gasteiger charge is -2.10. The van der Waals surface area contributed by atoms with Gasteiger partial charge < -0.3 is 14.8 Å². The monoisotopic (exact) mass is 313 g/mol. The van der Waals surface area contributed by atoms with Crippen LogP contribution < -0.4 is 14.8 Å². The Bertz CT molecular complexity index is 707. The van der Waals surface area contributed by atoms with Gasteiger partial charge in [-0.2, -0.15) is 0 Å². The van der Waals surface area contributed by atoms with E-state index in [0.29, 0.717) is 17.2 Å². The third-order valence-corrected chi connectivity index (χ3v) is 3.08. The maximum atomic E-state index is 11.8. The molecule has 2 aromatic rings. The van der Waals surface area contributed by atoms with Crippen LogP contribution in [-0.2, 0) is 9.59 Å². The summed E-state index contributed by atoms with van der Waals surface area (Å²) in [6.45, 7) is 5.18. The molecule has 0 aliphatic carbocycles. The Balaban J connectivity index is 1.88. The van der Waals surface area contributed by atoms with E-state index in [4.69, 9.17) is 9.47 Å². The third-order valence-electron chi connectivity index (χ3n) is 3.08. The SMILES string of the molecule is CC(=O)Nc1ccc(OC(=O)COc2ccc(C)cc2C)cc1. The first kappa shape index (κ1) is 16.5. The first-order valence-electron chi connectivity index (χ1n) is 7.22. The standard InChI is InChI=1S/C18H19NO4/c1-12-4-9-17(13(2)10-12)22-11-18(21)23-16-7-5-15(6-8-16)19-14(3)20/h4-10H,11H2,1-3H3,(H,19,20). The third kappa shape index (κ3) is 5.14. The predicted molar refractivity (Wildman–Crippen MR) is 87.8 cm³/mol. The summed E-state index contributed by atoms with van der Waals surface area (Å²) in [6.07, 6.45) is 0. The first-order valence-corrected chi connectivity index (χ1v) is 7.22. The molecule has 0 bridgehead atoms. The molecular weight excluding hydrogens is 294 g/mol. The Hall–Kier alpha value is -2.82. The maximum absolute atomic E-state index is 11.8. The number of hydrogen-bond donors (Lipinski definition) is 1. The summed E-state index contributed by atoms with van der Waals surface area (Å²) in [5.74, 6) is 0.413. The van der Waals surface area contributed by atoms with Gasteiger partial charge in [-0.3, -0.25) is 4.79 Å². The van der Waals surface area contributed by atoms with E-state index in [-0.39, 0.29) is 12.5 Å². The first-order chi connectivity index (χ1) is 10.9. The van der Waals surface area contributed by atoms with Crippen molar-refractivity contribution in [2.45, 2.75) is 20.8 Å². The number of anilines is 1. The lowest BCUT2D eigenvalue weighted by Crippen LogP contribution is -2.18. The number of esters is 1. The van der Waals surface area contributed by atoms with E-state index < -0.39 is 5.97 Å². The summed E-state index contributed by atoms with van der Waals surface area (Å²) in [5, 5.41) is 2.64. The van der Waals surface area contributed by atoms with Crippen molar-refractivity contribution >= 4 is 17.6 Å². The molecule has 5 heteroatoms. The van der Waals surface area contributed by atoms with Crippen LogP contribution in [0.3, 0.4) is 0 Å². The van der Waals surface area contributed by atoms with Crippen LogP contribution in [0.2, 0.25) is 0 Å². The molecule has 0 spiro atoms. The zero-order valence-corrected chi connectivity index (χ0v) is 13.4. The molecule has 23 heavy (non-hydrogen) atoms. The van der Waals surface area contributed by atoms with Crippen molar-refractivity contribution in [1.29, 1.82) is 0 Å². The lowest BCUT2D eigenvalue weighted by molar-refractivity contribution is -0.136. The lowest BCUT2D eigenvalue weighted by atomic mass is 10.1. The Kier molecular flexibility index (Phi) is 5.36. The minimum Gasteiger partial charge on any atom is -0.482 e. The second kappa shape index (κ2) is 7.45. The number of rotatable bonds is 5. The summed E-state index contributed by atoms with van der Waals surface area (Å²) in [4.78, 5) is 22.7.